The number of hydrogen-bond donors (Lipinski definition) is 3. The number of aliphatic hydroxyl groups excluding tert-OH is 1. The van der Waals surface area contributed by atoms with Gasteiger partial charge in [-0.3, -0.25) is 10.1 Å². The molecule has 19 heavy (non-hydrogen) atoms. The molecule has 0 amide bonds. The second-order valence-corrected chi connectivity index (χ2v) is 6.66. The van der Waals surface area contributed by atoms with Crippen molar-refractivity contribution < 1.29 is 15.0 Å². The van der Waals surface area contributed by atoms with E-state index in [-0.39, 0.29) is 12.6 Å². The molecule has 0 aromatic rings. The van der Waals surface area contributed by atoms with Crippen LogP contribution in [0, 0.1) is 5.92 Å². The molecule has 0 saturated carbocycles. The molecule has 2 atom stereocenters. The fourth-order valence-electron chi connectivity index (χ4n) is 2.04. The second kappa shape index (κ2) is 9.61. The van der Waals surface area contributed by atoms with Crippen LogP contribution in [0.2, 0.25) is 0 Å². The molecule has 0 radical (unpaired) electrons. The summed E-state index contributed by atoms with van der Waals surface area (Å²) in [4.78, 5) is 11.5. The number of aliphatic carboxylic acids is 1. The molecular formula is C14H29NO3S. The zero-order valence-electron chi connectivity index (χ0n) is 12.6. The summed E-state index contributed by atoms with van der Waals surface area (Å²) in [6.45, 7) is 8.11. The fraction of sp³-hybridized carbons (Fsp3) is 0.929. The lowest BCUT2D eigenvalue weighted by atomic mass is 9.90. The normalized spacial score (nSPS) is 16.3. The summed E-state index contributed by atoms with van der Waals surface area (Å²) in [6, 6.07) is 0.165. The maximum atomic E-state index is 11.5. The highest BCUT2D eigenvalue weighted by atomic mass is 32.2. The Hall–Kier alpha value is -0.260. The summed E-state index contributed by atoms with van der Waals surface area (Å²) < 4.78 is 0. The van der Waals surface area contributed by atoms with E-state index in [9.17, 15) is 9.90 Å². The van der Waals surface area contributed by atoms with Crippen molar-refractivity contribution in [2.24, 2.45) is 5.92 Å². The van der Waals surface area contributed by atoms with Crippen molar-refractivity contribution in [1.82, 2.24) is 5.32 Å². The molecule has 0 rings (SSSR count). The van der Waals surface area contributed by atoms with Crippen LogP contribution >= 0.6 is 11.8 Å². The average molecular weight is 291 g/mol. The molecule has 0 heterocycles. The first-order chi connectivity index (χ1) is 8.88. The molecule has 2 unspecified atom stereocenters. The van der Waals surface area contributed by atoms with Gasteiger partial charge in [0.15, 0.2) is 0 Å². The Morgan fingerprint density at radius 2 is 2.00 bits per heavy atom. The number of thioether (sulfide) groups is 1. The van der Waals surface area contributed by atoms with Crippen LogP contribution in [0.5, 0.6) is 0 Å². The molecule has 0 aliphatic rings. The standard InChI is InChI=1S/C14H29NO3S/c1-5-14(13(17)18,15-11(2)3)7-6-8-19-10-12(4)9-16/h11-12,15-16H,5-10H2,1-4H3,(H,17,18). The molecule has 4 nitrogen and oxygen atoms in total. The Labute approximate surface area is 121 Å². The molecule has 5 heteroatoms. The minimum atomic E-state index is -0.794. The van der Waals surface area contributed by atoms with Crippen LogP contribution in [-0.2, 0) is 4.79 Å². The first-order valence-corrected chi connectivity index (χ1v) is 8.23. The predicted octanol–water partition coefficient (Wildman–Crippen LogP) is 2.36. The first-order valence-electron chi connectivity index (χ1n) is 7.07. The van der Waals surface area contributed by atoms with Crippen LogP contribution < -0.4 is 5.32 Å². The van der Waals surface area contributed by atoms with Gasteiger partial charge in [0.05, 0.1) is 0 Å². The molecule has 0 aliphatic heterocycles. The van der Waals surface area contributed by atoms with Crippen molar-refractivity contribution >= 4 is 17.7 Å². The highest BCUT2D eigenvalue weighted by molar-refractivity contribution is 7.99. The van der Waals surface area contributed by atoms with Crippen molar-refractivity contribution in [2.75, 3.05) is 18.1 Å². The Balaban J connectivity index is 4.17. The molecule has 114 valence electrons. The topological polar surface area (TPSA) is 69.6 Å². The van der Waals surface area contributed by atoms with Gasteiger partial charge in [0.25, 0.3) is 0 Å². The Bertz CT molecular complexity index is 261. The summed E-state index contributed by atoms with van der Waals surface area (Å²) in [7, 11) is 0. The lowest BCUT2D eigenvalue weighted by Gasteiger charge is -2.31. The second-order valence-electron chi connectivity index (χ2n) is 5.51. The van der Waals surface area contributed by atoms with Gasteiger partial charge in [0, 0.05) is 12.6 Å². The first kappa shape index (κ1) is 18.7. The maximum absolute atomic E-state index is 11.5. The summed E-state index contributed by atoms with van der Waals surface area (Å²) in [5.41, 5.74) is -0.794. The van der Waals surface area contributed by atoms with E-state index in [4.69, 9.17) is 5.11 Å². The quantitative estimate of drug-likeness (QED) is 0.510. The minimum absolute atomic E-state index is 0.165. The van der Waals surface area contributed by atoms with Crippen molar-refractivity contribution in [1.29, 1.82) is 0 Å². The van der Waals surface area contributed by atoms with E-state index in [1.807, 2.05) is 27.7 Å². The third kappa shape index (κ3) is 7.18. The zero-order valence-corrected chi connectivity index (χ0v) is 13.4. The van der Waals surface area contributed by atoms with E-state index < -0.39 is 11.5 Å². The molecule has 3 N–H and O–H groups in total. The van der Waals surface area contributed by atoms with Crippen LogP contribution in [-0.4, -0.2) is 45.9 Å². The molecule has 0 spiro atoms. The van der Waals surface area contributed by atoms with Crippen molar-refractivity contribution in [3.63, 3.8) is 0 Å². The summed E-state index contributed by atoms with van der Waals surface area (Å²) in [6.07, 6.45) is 2.12. The van der Waals surface area contributed by atoms with Gasteiger partial charge in [-0.2, -0.15) is 11.8 Å². The summed E-state index contributed by atoms with van der Waals surface area (Å²) >= 11 is 1.79. The molecular weight excluding hydrogens is 262 g/mol. The molecule has 0 fully saturated rings. The van der Waals surface area contributed by atoms with Crippen molar-refractivity contribution in [3.05, 3.63) is 0 Å². The minimum Gasteiger partial charge on any atom is -0.480 e. The van der Waals surface area contributed by atoms with Crippen LogP contribution in [0.15, 0.2) is 0 Å². The Morgan fingerprint density at radius 1 is 1.37 bits per heavy atom. The number of carboxylic acids is 1. The number of rotatable bonds is 11. The third-order valence-corrected chi connectivity index (χ3v) is 4.57. The molecule has 0 aliphatic carbocycles. The van der Waals surface area contributed by atoms with Crippen LogP contribution in [0.1, 0.15) is 47.0 Å². The van der Waals surface area contributed by atoms with Crippen LogP contribution in [0.25, 0.3) is 0 Å². The van der Waals surface area contributed by atoms with E-state index in [1.54, 1.807) is 11.8 Å². The van der Waals surface area contributed by atoms with Crippen LogP contribution in [0.3, 0.4) is 0 Å². The number of nitrogens with one attached hydrogen (secondary N) is 1. The molecule has 0 saturated heterocycles. The number of carboxylic acid groups (broad SMARTS) is 1. The SMILES string of the molecule is CCC(CCCSCC(C)CO)(NC(C)C)C(=O)O. The van der Waals surface area contributed by atoms with Gasteiger partial charge in [0.2, 0.25) is 0 Å². The van der Waals surface area contributed by atoms with Crippen molar-refractivity contribution in [2.45, 2.75) is 58.5 Å². The predicted molar refractivity (Wildman–Crippen MR) is 81.7 cm³/mol. The van der Waals surface area contributed by atoms with Gasteiger partial charge in [-0.1, -0.05) is 13.8 Å². The highest BCUT2D eigenvalue weighted by Gasteiger charge is 2.36. The van der Waals surface area contributed by atoms with E-state index in [2.05, 4.69) is 5.32 Å². The molecule has 0 aromatic carbocycles. The van der Waals surface area contributed by atoms with E-state index in [0.717, 1.165) is 17.9 Å². The van der Waals surface area contributed by atoms with Gasteiger partial charge >= 0.3 is 5.97 Å². The lowest BCUT2D eigenvalue weighted by molar-refractivity contribution is -0.145. The monoisotopic (exact) mass is 291 g/mol. The van der Waals surface area contributed by atoms with E-state index >= 15 is 0 Å². The molecule has 0 aromatic heterocycles. The largest absolute Gasteiger partial charge is 0.480 e. The zero-order chi connectivity index (χ0) is 14.9. The van der Waals surface area contributed by atoms with Gasteiger partial charge in [-0.25, -0.2) is 0 Å². The van der Waals surface area contributed by atoms with Gasteiger partial charge in [-0.05, 0) is 50.5 Å². The number of hydrogen-bond acceptors (Lipinski definition) is 4. The van der Waals surface area contributed by atoms with Gasteiger partial charge in [-0.15, -0.1) is 0 Å². The fourth-order valence-corrected chi connectivity index (χ4v) is 3.06. The molecule has 0 bridgehead atoms. The number of aliphatic hydroxyl groups is 1. The highest BCUT2D eigenvalue weighted by Crippen LogP contribution is 2.21. The lowest BCUT2D eigenvalue weighted by Crippen LogP contribution is -2.54. The Morgan fingerprint density at radius 3 is 2.42 bits per heavy atom. The van der Waals surface area contributed by atoms with Gasteiger partial charge in [0.1, 0.15) is 5.54 Å². The summed E-state index contributed by atoms with van der Waals surface area (Å²) in [5, 5.41) is 21.6. The summed E-state index contributed by atoms with van der Waals surface area (Å²) in [5.74, 6) is 1.44. The van der Waals surface area contributed by atoms with Crippen LogP contribution in [0.4, 0.5) is 0 Å². The number of carbonyl (C=O) groups is 1. The van der Waals surface area contributed by atoms with E-state index in [1.165, 1.54) is 0 Å². The average Bonchev–Trinajstić information content (AvgIpc) is 2.35. The third-order valence-electron chi connectivity index (χ3n) is 3.18. The van der Waals surface area contributed by atoms with E-state index in [0.29, 0.717) is 18.8 Å². The smallest absolute Gasteiger partial charge is 0.323 e. The van der Waals surface area contributed by atoms with Gasteiger partial charge < -0.3 is 10.2 Å². The Kier molecular flexibility index (Phi) is 9.48. The van der Waals surface area contributed by atoms with Crippen molar-refractivity contribution in [3.8, 4) is 0 Å². The maximum Gasteiger partial charge on any atom is 0.323 e.